The topological polar surface area (TPSA) is 50.4 Å². The summed E-state index contributed by atoms with van der Waals surface area (Å²) in [6.45, 7) is 5.36. The van der Waals surface area contributed by atoms with Gasteiger partial charge < -0.3 is 15.4 Å². The van der Waals surface area contributed by atoms with Gasteiger partial charge in [0.15, 0.2) is 0 Å². The Labute approximate surface area is 124 Å². The summed E-state index contributed by atoms with van der Waals surface area (Å²) in [4.78, 5) is 12.6. The van der Waals surface area contributed by atoms with Gasteiger partial charge in [-0.2, -0.15) is 0 Å². The lowest BCUT2D eigenvalue weighted by Crippen LogP contribution is -2.50. The Morgan fingerprint density at radius 3 is 2.90 bits per heavy atom. The van der Waals surface area contributed by atoms with Crippen LogP contribution < -0.4 is 15.4 Å². The number of hydrogen-bond acceptors (Lipinski definition) is 3. The van der Waals surface area contributed by atoms with Crippen molar-refractivity contribution in [3.8, 4) is 5.75 Å². The van der Waals surface area contributed by atoms with Crippen molar-refractivity contribution in [2.24, 2.45) is 0 Å². The van der Waals surface area contributed by atoms with Gasteiger partial charge in [-0.3, -0.25) is 4.79 Å². The van der Waals surface area contributed by atoms with Crippen LogP contribution in [-0.2, 0) is 4.79 Å². The lowest BCUT2D eigenvalue weighted by atomic mass is 9.93. The first-order valence-electron chi connectivity index (χ1n) is 7.10. The first-order valence-corrected chi connectivity index (χ1v) is 7.48. The Hall–Kier alpha value is -1.26. The Bertz CT molecular complexity index is 485. The van der Waals surface area contributed by atoms with Gasteiger partial charge in [0.05, 0.1) is 17.8 Å². The molecular formula is C15H21ClN2O2. The maximum atomic E-state index is 12.6. The monoisotopic (exact) mass is 296 g/mol. The van der Waals surface area contributed by atoms with Gasteiger partial charge in [0.2, 0.25) is 5.91 Å². The normalized spacial score (nSPS) is 21.8. The Kier molecular flexibility index (Phi) is 4.89. The van der Waals surface area contributed by atoms with Crippen molar-refractivity contribution in [2.75, 3.05) is 18.5 Å². The molecule has 1 aliphatic heterocycles. The number of hydrogen-bond donors (Lipinski definition) is 2. The van der Waals surface area contributed by atoms with Crippen LogP contribution in [0.1, 0.15) is 33.1 Å². The van der Waals surface area contributed by atoms with Gasteiger partial charge in [-0.1, -0.05) is 18.5 Å². The summed E-state index contributed by atoms with van der Waals surface area (Å²) in [7, 11) is 0. The molecule has 0 saturated carbocycles. The van der Waals surface area contributed by atoms with E-state index in [4.69, 9.17) is 16.3 Å². The van der Waals surface area contributed by atoms with E-state index in [0.717, 1.165) is 25.8 Å². The molecule has 0 spiro atoms. The fourth-order valence-corrected chi connectivity index (χ4v) is 2.76. The molecule has 1 amide bonds. The molecule has 0 aromatic heterocycles. The second kappa shape index (κ2) is 6.46. The van der Waals surface area contributed by atoms with Gasteiger partial charge >= 0.3 is 0 Å². The third kappa shape index (κ3) is 3.07. The second-order valence-electron chi connectivity index (χ2n) is 4.99. The van der Waals surface area contributed by atoms with Crippen LogP contribution in [0, 0.1) is 0 Å². The van der Waals surface area contributed by atoms with Crippen LogP contribution in [0.25, 0.3) is 0 Å². The van der Waals surface area contributed by atoms with E-state index in [9.17, 15) is 4.79 Å². The molecule has 110 valence electrons. The molecule has 0 aliphatic carbocycles. The molecule has 1 heterocycles. The number of anilines is 1. The van der Waals surface area contributed by atoms with E-state index in [2.05, 4.69) is 10.6 Å². The molecule has 4 nitrogen and oxygen atoms in total. The summed E-state index contributed by atoms with van der Waals surface area (Å²) in [5.41, 5.74) is 0.164. The third-order valence-electron chi connectivity index (χ3n) is 3.77. The number of halogens is 1. The fraction of sp³-hybridized carbons (Fsp3) is 0.533. The van der Waals surface area contributed by atoms with E-state index in [1.54, 1.807) is 18.2 Å². The number of rotatable bonds is 5. The fourth-order valence-electron chi connectivity index (χ4n) is 2.59. The number of carbonyl (C=O) groups is 1. The highest BCUT2D eigenvalue weighted by atomic mass is 35.5. The summed E-state index contributed by atoms with van der Waals surface area (Å²) < 4.78 is 5.53. The zero-order valence-corrected chi connectivity index (χ0v) is 12.7. The molecule has 5 heteroatoms. The SMILES string of the molecule is CCOc1ccc(Cl)cc1NC(=O)C1(CC)CCCN1. The quantitative estimate of drug-likeness (QED) is 0.877. The van der Waals surface area contributed by atoms with Crippen molar-refractivity contribution in [3.05, 3.63) is 23.2 Å². The van der Waals surface area contributed by atoms with Crippen LogP contribution >= 0.6 is 11.6 Å². The van der Waals surface area contributed by atoms with Gasteiger partial charge in [-0.05, 0) is 50.9 Å². The molecule has 20 heavy (non-hydrogen) atoms. The predicted molar refractivity (Wildman–Crippen MR) is 81.5 cm³/mol. The van der Waals surface area contributed by atoms with Crippen molar-refractivity contribution in [1.82, 2.24) is 5.32 Å². The van der Waals surface area contributed by atoms with Crippen LogP contribution in [0.5, 0.6) is 5.75 Å². The molecule has 1 aromatic carbocycles. The molecule has 1 saturated heterocycles. The number of amides is 1. The van der Waals surface area contributed by atoms with Crippen LogP contribution in [0.2, 0.25) is 5.02 Å². The summed E-state index contributed by atoms with van der Waals surface area (Å²) >= 11 is 6.01. The number of benzene rings is 1. The van der Waals surface area contributed by atoms with E-state index in [-0.39, 0.29) is 5.91 Å². The van der Waals surface area contributed by atoms with Gasteiger partial charge in [0.1, 0.15) is 5.75 Å². The molecular weight excluding hydrogens is 276 g/mol. The Morgan fingerprint density at radius 1 is 1.50 bits per heavy atom. The van der Waals surface area contributed by atoms with Crippen LogP contribution in [0.3, 0.4) is 0 Å². The lowest BCUT2D eigenvalue weighted by molar-refractivity contribution is -0.122. The molecule has 0 bridgehead atoms. The molecule has 1 fully saturated rings. The highest BCUT2D eigenvalue weighted by molar-refractivity contribution is 6.31. The molecule has 1 unspecified atom stereocenters. The van der Waals surface area contributed by atoms with Crippen molar-refractivity contribution >= 4 is 23.2 Å². The number of carbonyl (C=O) groups excluding carboxylic acids is 1. The average Bonchev–Trinajstić information content (AvgIpc) is 2.92. The Balaban J connectivity index is 2.20. The average molecular weight is 297 g/mol. The first-order chi connectivity index (χ1) is 9.61. The maximum Gasteiger partial charge on any atom is 0.244 e. The minimum Gasteiger partial charge on any atom is -0.492 e. The van der Waals surface area contributed by atoms with Crippen LogP contribution in [0.4, 0.5) is 5.69 Å². The summed E-state index contributed by atoms with van der Waals surface area (Å²) in [6.07, 6.45) is 2.65. The van der Waals surface area contributed by atoms with Gasteiger partial charge in [-0.15, -0.1) is 0 Å². The van der Waals surface area contributed by atoms with E-state index in [1.165, 1.54) is 0 Å². The molecule has 2 rings (SSSR count). The molecule has 1 atom stereocenters. The van der Waals surface area contributed by atoms with Crippen molar-refractivity contribution < 1.29 is 9.53 Å². The Morgan fingerprint density at radius 2 is 2.30 bits per heavy atom. The van der Waals surface area contributed by atoms with Crippen LogP contribution in [-0.4, -0.2) is 24.6 Å². The number of nitrogens with one attached hydrogen (secondary N) is 2. The summed E-state index contributed by atoms with van der Waals surface area (Å²) in [5, 5.41) is 6.86. The van der Waals surface area contributed by atoms with Crippen molar-refractivity contribution in [1.29, 1.82) is 0 Å². The van der Waals surface area contributed by atoms with Gasteiger partial charge in [0.25, 0.3) is 0 Å². The van der Waals surface area contributed by atoms with Gasteiger partial charge in [-0.25, -0.2) is 0 Å². The predicted octanol–water partition coefficient (Wildman–Crippen LogP) is 3.21. The van der Waals surface area contributed by atoms with Crippen molar-refractivity contribution in [2.45, 2.75) is 38.6 Å². The summed E-state index contributed by atoms with van der Waals surface area (Å²) in [5.74, 6) is 0.634. The maximum absolute atomic E-state index is 12.6. The minimum atomic E-state index is -0.466. The smallest absolute Gasteiger partial charge is 0.244 e. The first kappa shape index (κ1) is 15.1. The zero-order valence-electron chi connectivity index (χ0n) is 12.0. The largest absolute Gasteiger partial charge is 0.492 e. The highest BCUT2D eigenvalue weighted by Crippen LogP contribution is 2.31. The highest BCUT2D eigenvalue weighted by Gasteiger charge is 2.39. The van der Waals surface area contributed by atoms with Gasteiger partial charge in [0, 0.05) is 5.02 Å². The van der Waals surface area contributed by atoms with Crippen LogP contribution in [0.15, 0.2) is 18.2 Å². The molecule has 1 aliphatic rings. The third-order valence-corrected chi connectivity index (χ3v) is 4.01. The molecule has 0 radical (unpaired) electrons. The molecule has 2 N–H and O–H groups in total. The van der Waals surface area contributed by atoms with E-state index in [1.807, 2.05) is 13.8 Å². The lowest BCUT2D eigenvalue weighted by Gasteiger charge is -2.27. The van der Waals surface area contributed by atoms with E-state index >= 15 is 0 Å². The van der Waals surface area contributed by atoms with Crippen molar-refractivity contribution in [3.63, 3.8) is 0 Å². The zero-order chi connectivity index (χ0) is 14.6. The number of ether oxygens (including phenoxy) is 1. The standard InChI is InChI=1S/C15H21ClN2O2/c1-3-15(8-5-9-17-15)14(19)18-12-10-11(16)6-7-13(12)20-4-2/h6-7,10,17H,3-5,8-9H2,1-2H3,(H,18,19). The second-order valence-corrected chi connectivity index (χ2v) is 5.43. The van der Waals surface area contributed by atoms with E-state index in [0.29, 0.717) is 23.1 Å². The molecule has 1 aromatic rings. The minimum absolute atomic E-state index is 0.0132. The van der Waals surface area contributed by atoms with E-state index < -0.39 is 5.54 Å². The summed E-state index contributed by atoms with van der Waals surface area (Å²) in [6, 6.07) is 5.26.